The van der Waals surface area contributed by atoms with Crippen LogP contribution in [0.1, 0.15) is 11.3 Å². The van der Waals surface area contributed by atoms with E-state index in [9.17, 15) is 18.0 Å². The molecule has 0 fully saturated rings. The summed E-state index contributed by atoms with van der Waals surface area (Å²) < 4.78 is 42.3. The van der Waals surface area contributed by atoms with Gasteiger partial charge in [0.1, 0.15) is 0 Å². The van der Waals surface area contributed by atoms with Gasteiger partial charge in [-0.25, -0.2) is 4.68 Å². The van der Waals surface area contributed by atoms with Crippen molar-refractivity contribution in [1.82, 2.24) is 24.5 Å². The molecular formula is C20H13ClF3N5OS. The van der Waals surface area contributed by atoms with Gasteiger partial charge in [-0.2, -0.15) is 23.4 Å². The van der Waals surface area contributed by atoms with Crippen molar-refractivity contribution in [3.05, 3.63) is 85.9 Å². The highest BCUT2D eigenvalue weighted by Crippen LogP contribution is 2.31. The van der Waals surface area contributed by atoms with E-state index in [2.05, 4.69) is 15.3 Å². The molecule has 0 spiro atoms. The monoisotopic (exact) mass is 463 g/mol. The molecule has 2 aromatic heterocycles. The van der Waals surface area contributed by atoms with E-state index in [1.165, 1.54) is 27.4 Å². The van der Waals surface area contributed by atoms with Gasteiger partial charge in [-0.05, 0) is 61.6 Å². The Kier molecular flexibility index (Phi) is 5.28. The number of H-pyrrole nitrogens is 1. The highest BCUT2D eigenvalue weighted by molar-refractivity contribution is 7.71. The Labute approximate surface area is 183 Å². The minimum atomic E-state index is -4.54. The molecule has 4 aromatic rings. The molecule has 2 aromatic carbocycles. The molecule has 2 heterocycles. The van der Waals surface area contributed by atoms with Gasteiger partial charge >= 0.3 is 6.18 Å². The summed E-state index contributed by atoms with van der Waals surface area (Å²) in [5.41, 5.74) is -0.0909. The first-order valence-corrected chi connectivity index (χ1v) is 9.66. The first-order chi connectivity index (χ1) is 14.6. The smallest absolute Gasteiger partial charge is 0.287 e. The number of nitrogens with zero attached hydrogens (tertiary/aromatic N) is 4. The molecule has 0 amide bonds. The van der Waals surface area contributed by atoms with Crippen LogP contribution in [0.2, 0.25) is 5.02 Å². The van der Waals surface area contributed by atoms with E-state index >= 15 is 0 Å². The highest BCUT2D eigenvalue weighted by atomic mass is 35.5. The van der Waals surface area contributed by atoms with E-state index in [0.29, 0.717) is 16.4 Å². The number of alkyl halides is 3. The minimum absolute atomic E-state index is 0.00274. The number of aromatic nitrogens is 5. The van der Waals surface area contributed by atoms with E-state index in [-0.39, 0.29) is 22.0 Å². The molecular weight excluding hydrogens is 451 g/mol. The molecule has 158 valence electrons. The van der Waals surface area contributed by atoms with Crippen molar-refractivity contribution >= 4 is 23.8 Å². The Balaban J connectivity index is 1.92. The van der Waals surface area contributed by atoms with Gasteiger partial charge in [-0.15, -0.1) is 0 Å². The van der Waals surface area contributed by atoms with Crippen LogP contribution < -0.4 is 5.43 Å². The summed E-state index contributed by atoms with van der Waals surface area (Å²) in [5, 5.41) is 11.5. The summed E-state index contributed by atoms with van der Waals surface area (Å²) in [5.74, 6) is -0.00274. The molecule has 0 saturated carbocycles. The second kappa shape index (κ2) is 7.78. The molecule has 11 heteroatoms. The van der Waals surface area contributed by atoms with Crippen LogP contribution in [0.5, 0.6) is 0 Å². The van der Waals surface area contributed by atoms with Crippen LogP contribution in [0, 0.1) is 11.7 Å². The largest absolute Gasteiger partial charge is 0.416 e. The van der Waals surface area contributed by atoms with Gasteiger partial charge in [-0.1, -0.05) is 17.7 Å². The number of nitrogens with one attached hydrogen (secondary N) is 1. The summed E-state index contributed by atoms with van der Waals surface area (Å²) in [7, 11) is 0. The molecule has 31 heavy (non-hydrogen) atoms. The van der Waals surface area contributed by atoms with Crippen LogP contribution in [0.3, 0.4) is 0 Å². The number of aromatic amines is 1. The fraction of sp³-hybridized carbons (Fsp3) is 0.100. The number of aryl methyl sites for hydroxylation is 1. The maximum Gasteiger partial charge on any atom is 0.416 e. The number of halogens is 4. The van der Waals surface area contributed by atoms with Crippen LogP contribution in [0.4, 0.5) is 13.2 Å². The molecule has 0 radical (unpaired) electrons. The lowest BCUT2D eigenvalue weighted by Crippen LogP contribution is -2.18. The average Bonchev–Trinajstić information content (AvgIpc) is 3.09. The van der Waals surface area contributed by atoms with Crippen molar-refractivity contribution in [1.29, 1.82) is 0 Å². The molecule has 0 unspecified atom stereocenters. The maximum absolute atomic E-state index is 13.2. The van der Waals surface area contributed by atoms with E-state index < -0.39 is 17.2 Å². The Morgan fingerprint density at radius 1 is 1.06 bits per heavy atom. The second-order valence-corrected chi connectivity index (χ2v) is 7.45. The summed E-state index contributed by atoms with van der Waals surface area (Å²) in [6, 6.07) is 12.7. The summed E-state index contributed by atoms with van der Waals surface area (Å²) in [6.45, 7) is 1.71. The molecule has 0 aliphatic carbocycles. The van der Waals surface area contributed by atoms with E-state index in [0.717, 1.165) is 12.1 Å². The van der Waals surface area contributed by atoms with Gasteiger partial charge in [-0.3, -0.25) is 14.5 Å². The second-order valence-electron chi connectivity index (χ2n) is 6.62. The Morgan fingerprint density at radius 3 is 2.45 bits per heavy atom. The molecule has 0 atom stereocenters. The minimum Gasteiger partial charge on any atom is -0.287 e. The Morgan fingerprint density at radius 2 is 1.77 bits per heavy atom. The van der Waals surface area contributed by atoms with Gasteiger partial charge < -0.3 is 0 Å². The lowest BCUT2D eigenvalue weighted by Gasteiger charge is -2.13. The third-order valence-corrected chi connectivity index (χ3v) is 5.02. The Hall–Kier alpha value is -3.24. The van der Waals surface area contributed by atoms with Gasteiger partial charge in [0, 0.05) is 16.8 Å². The van der Waals surface area contributed by atoms with Crippen molar-refractivity contribution in [2.24, 2.45) is 0 Å². The quantitative estimate of drug-likeness (QED) is 0.428. The van der Waals surface area contributed by atoms with Gasteiger partial charge in [0.05, 0.1) is 16.9 Å². The van der Waals surface area contributed by atoms with Crippen LogP contribution in [-0.2, 0) is 6.18 Å². The first kappa shape index (κ1) is 21.0. The molecule has 0 aliphatic rings. The van der Waals surface area contributed by atoms with Gasteiger partial charge in [0.15, 0.2) is 16.3 Å². The SMILES string of the molecule is Cc1cc(=O)c(-c2n[nH]c(=S)n2-c2cccc(C(F)(F)F)c2)nn1-c1ccc(Cl)cc1. The fourth-order valence-electron chi connectivity index (χ4n) is 3.06. The van der Waals surface area contributed by atoms with Crippen LogP contribution >= 0.6 is 23.8 Å². The van der Waals surface area contributed by atoms with Crippen molar-refractivity contribution in [3.63, 3.8) is 0 Å². The predicted molar refractivity (Wildman–Crippen MR) is 112 cm³/mol. The van der Waals surface area contributed by atoms with Crippen molar-refractivity contribution < 1.29 is 13.2 Å². The van der Waals surface area contributed by atoms with Crippen LogP contribution in [-0.4, -0.2) is 24.5 Å². The zero-order valence-electron chi connectivity index (χ0n) is 15.8. The zero-order chi connectivity index (χ0) is 22.3. The zero-order valence-corrected chi connectivity index (χ0v) is 17.4. The Bertz CT molecular complexity index is 1390. The molecule has 1 N–H and O–H groups in total. The lowest BCUT2D eigenvalue weighted by molar-refractivity contribution is -0.137. The third-order valence-electron chi connectivity index (χ3n) is 4.49. The van der Waals surface area contributed by atoms with Crippen molar-refractivity contribution in [2.45, 2.75) is 13.1 Å². The number of rotatable bonds is 3. The lowest BCUT2D eigenvalue weighted by atomic mass is 10.2. The molecule has 6 nitrogen and oxygen atoms in total. The average molecular weight is 464 g/mol. The third kappa shape index (κ3) is 4.04. The molecule has 0 bridgehead atoms. The van der Waals surface area contributed by atoms with Crippen molar-refractivity contribution in [2.75, 3.05) is 0 Å². The number of hydrogen-bond donors (Lipinski definition) is 1. The standard InChI is InChI=1S/C20H13ClF3N5OS/c1-11-9-16(30)17(27-29(11)14-7-5-13(21)6-8-14)18-25-26-19(31)28(18)15-4-2-3-12(10-15)20(22,23)24/h2-10H,1H3,(H,26,31). The number of benzene rings is 2. The highest BCUT2D eigenvalue weighted by Gasteiger charge is 2.31. The predicted octanol–water partition coefficient (Wildman–Crippen LogP) is 5.12. The first-order valence-electron chi connectivity index (χ1n) is 8.87. The summed E-state index contributed by atoms with van der Waals surface area (Å²) in [4.78, 5) is 12.7. The summed E-state index contributed by atoms with van der Waals surface area (Å²) in [6.07, 6.45) is -4.54. The van der Waals surface area contributed by atoms with E-state index in [1.54, 1.807) is 31.2 Å². The van der Waals surface area contributed by atoms with Crippen LogP contribution in [0.25, 0.3) is 22.9 Å². The molecule has 0 aliphatic heterocycles. The fourth-order valence-corrected chi connectivity index (χ4v) is 3.43. The normalized spacial score (nSPS) is 11.6. The maximum atomic E-state index is 13.2. The number of hydrogen-bond acceptors (Lipinski definition) is 4. The molecule has 0 saturated heterocycles. The van der Waals surface area contributed by atoms with E-state index in [1.807, 2.05) is 0 Å². The van der Waals surface area contributed by atoms with E-state index in [4.69, 9.17) is 23.8 Å². The van der Waals surface area contributed by atoms with Gasteiger partial charge in [0.25, 0.3) is 0 Å². The summed E-state index contributed by atoms with van der Waals surface area (Å²) >= 11 is 11.2. The van der Waals surface area contributed by atoms with Gasteiger partial charge in [0.2, 0.25) is 5.43 Å². The van der Waals surface area contributed by atoms with Crippen molar-refractivity contribution in [3.8, 4) is 22.9 Å². The van der Waals surface area contributed by atoms with Crippen LogP contribution in [0.15, 0.2) is 59.4 Å². The topological polar surface area (TPSA) is 68.5 Å². The molecule has 4 rings (SSSR count).